The second-order valence-electron chi connectivity index (χ2n) is 5.83. The summed E-state index contributed by atoms with van der Waals surface area (Å²) in [5.74, 6) is 1.04. The maximum absolute atomic E-state index is 5.47. The molecule has 1 heterocycles. The molecule has 0 aliphatic rings. The molecule has 126 valence electrons. The van der Waals surface area contributed by atoms with Crippen molar-refractivity contribution >= 4 is 6.21 Å². The Balaban J connectivity index is 1.70. The van der Waals surface area contributed by atoms with Crippen LogP contribution in [-0.2, 0) is 0 Å². The average molecular weight is 339 g/mol. The smallest absolute Gasteiger partial charge is 0.258 e. The summed E-state index contributed by atoms with van der Waals surface area (Å²) in [6, 6.07) is 29.4. The monoisotopic (exact) mass is 339 g/mol. The van der Waals surface area contributed by atoms with Crippen LogP contribution in [0, 0.1) is 0 Å². The van der Waals surface area contributed by atoms with Gasteiger partial charge in [0.25, 0.3) is 5.89 Å². The van der Waals surface area contributed by atoms with E-state index in [9.17, 15) is 0 Å². The van der Waals surface area contributed by atoms with Crippen molar-refractivity contribution in [2.24, 2.45) is 4.99 Å². The van der Waals surface area contributed by atoms with Gasteiger partial charge in [-0.15, -0.1) is 0 Å². The Kier molecular flexibility index (Phi) is 4.65. The second-order valence-corrected chi connectivity index (χ2v) is 5.83. The zero-order chi connectivity index (χ0) is 17.6. The molecule has 0 spiro atoms. The van der Waals surface area contributed by atoms with E-state index in [1.54, 1.807) is 0 Å². The summed E-state index contributed by atoms with van der Waals surface area (Å²) in [5.41, 5.74) is 2.94. The summed E-state index contributed by atoms with van der Waals surface area (Å²) < 4.78 is 5.47. The molecule has 0 N–H and O–H groups in total. The highest BCUT2D eigenvalue weighted by Crippen LogP contribution is 2.26. The molecule has 0 aliphatic carbocycles. The van der Waals surface area contributed by atoms with Crippen molar-refractivity contribution in [3.05, 3.63) is 108 Å². The Morgan fingerprint density at radius 2 is 1.38 bits per heavy atom. The van der Waals surface area contributed by atoms with E-state index in [2.05, 4.69) is 10.1 Å². The van der Waals surface area contributed by atoms with Gasteiger partial charge in [-0.3, -0.25) is 4.99 Å². The highest BCUT2D eigenvalue weighted by Gasteiger charge is 2.19. The van der Waals surface area contributed by atoms with Gasteiger partial charge in [-0.25, -0.2) is 0 Å². The van der Waals surface area contributed by atoms with Crippen molar-refractivity contribution in [1.82, 2.24) is 10.1 Å². The van der Waals surface area contributed by atoms with Crippen molar-refractivity contribution in [1.29, 1.82) is 0 Å². The van der Waals surface area contributed by atoms with Gasteiger partial charge in [0.05, 0.1) is 0 Å². The zero-order valence-corrected chi connectivity index (χ0v) is 14.1. The Bertz CT molecular complexity index is 980. The molecule has 1 aromatic heterocycles. The van der Waals surface area contributed by atoms with Crippen molar-refractivity contribution in [3.8, 4) is 11.5 Å². The van der Waals surface area contributed by atoms with Gasteiger partial charge < -0.3 is 4.52 Å². The predicted molar refractivity (Wildman–Crippen MR) is 102 cm³/mol. The van der Waals surface area contributed by atoms with Crippen LogP contribution in [0.3, 0.4) is 0 Å². The molecule has 0 amide bonds. The molecule has 26 heavy (non-hydrogen) atoms. The molecule has 0 saturated carbocycles. The number of hydrogen-bond donors (Lipinski definition) is 0. The molecule has 0 fully saturated rings. The fourth-order valence-corrected chi connectivity index (χ4v) is 2.68. The second kappa shape index (κ2) is 7.57. The van der Waals surface area contributed by atoms with E-state index in [1.807, 2.05) is 97.2 Å². The van der Waals surface area contributed by atoms with Crippen molar-refractivity contribution in [3.63, 3.8) is 0 Å². The van der Waals surface area contributed by atoms with Crippen LogP contribution in [0.25, 0.3) is 11.5 Å². The third-order valence-electron chi connectivity index (χ3n) is 3.99. The highest BCUT2D eigenvalue weighted by atomic mass is 16.5. The van der Waals surface area contributed by atoms with Crippen LogP contribution in [0.2, 0.25) is 0 Å². The van der Waals surface area contributed by atoms with Gasteiger partial charge in [0.1, 0.15) is 6.04 Å². The fourth-order valence-electron chi connectivity index (χ4n) is 2.68. The maximum atomic E-state index is 5.47. The zero-order valence-electron chi connectivity index (χ0n) is 14.1. The maximum Gasteiger partial charge on any atom is 0.258 e. The topological polar surface area (TPSA) is 51.3 Å². The Labute approximate surface area is 151 Å². The quantitative estimate of drug-likeness (QED) is 0.484. The SMILES string of the molecule is C(=NC(c1ccccc1)c1noc(-c2ccccc2)n1)c1ccccc1. The van der Waals surface area contributed by atoms with Crippen LogP contribution in [0.1, 0.15) is 23.0 Å². The summed E-state index contributed by atoms with van der Waals surface area (Å²) in [5, 5.41) is 4.18. The lowest BCUT2D eigenvalue weighted by molar-refractivity contribution is 0.420. The lowest BCUT2D eigenvalue weighted by atomic mass is 10.1. The van der Waals surface area contributed by atoms with Gasteiger partial charge in [0.2, 0.25) is 5.82 Å². The summed E-state index contributed by atoms with van der Waals surface area (Å²) in [4.78, 5) is 9.31. The summed E-state index contributed by atoms with van der Waals surface area (Å²) in [6.07, 6.45) is 1.84. The normalized spacial score (nSPS) is 12.3. The average Bonchev–Trinajstić information content (AvgIpc) is 3.20. The third kappa shape index (κ3) is 3.59. The first kappa shape index (κ1) is 16.0. The van der Waals surface area contributed by atoms with Crippen LogP contribution in [0.15, 0.2) is 101 Å². The molecule has 4 rings (SSSR count). The first-order valence-corrected chi connectivity index (χ1v) is 8.42. The van der Waals surface area contributed by atoms with Gasteiger partial charge in [-0.1, -0.05) is 84.0 Å². The first-order valence-electron chi connectivity index (χ1n) is 8.42. The first-order chi connectivity index (χ1) is 12.9. The van der Waals surface area contributed by atoms with E-state index in [-0.39, 0.29) is 6.04 Å². The van der Waals surface area contributed by atoms with E-state index in [1.165, 1.54) is 0 Å². The van der Waals surface area contributed by atoms with E-state index >= 15 is 0 Å². The lowest BCUT2D eigenvalue weighted by Gasteiger charge is -2.08. The number of hydrogen-bond acceptors (Lipinski definition) is 4. The number of aliphatic imine (C=N–C) groups is 1. The summed E-state index contributed by atoms with van der Waals surface area (Å²) in [7, 11) is 0. The van der Waals surface area contributed by atoms with Gasteiger partial charge in [-0.2, -0.15) is 4.98 Å². The molecule has 0 aliphatic heterocycles. The minimum atomic E-state index is -0.322. The minimum Gasteiger partial charge on any atom is -0.334 e. The van der Waals surface area contributed by atoms with Crippen LogP contribution in [-0.4, -0.2) is 16.4 Å². The Hall–Kier alpha value is -3.53. The Morgan fingerprint density at radius 3 is 2.08 bits per heavy atom. The fraction of sp³-hybridized carbons (Fsp3) is 0.0455. The van der Waals surface area contributed by atoms with E-state index in [4.69, 9.17) is 9.52 Å². The molecule has 0 radical (unpaired) electrons. The standard InChI is InChI=1S/C22H17N3O/c1-4-10-17(11-5-1)16-23-20(18-12-6-2-7-13-18)21-24-22(26-25-21)19-14-8-3-9-15-19/h1-16,20H. The number of rotatable bonds is 5. The predicted octanol–water partition coefficient (Wildman–Crippen LogP) is 4.95. The molecule has 1 unspecified atom stereocenters. The number of aromatic nitrogens is 2. The molecule has 4 heteroatoms. The van der Waals surface area contributed by atoms with E-state index in [0.717, 1.165) is 16.7 Å². The van der Waals surface area contributed by atoms with Gasteiger partial charge in [0, 0.05) is 11.8 Å². The van der Waals surface area contributed by atoms with Crippen LogP contribution in [0.4, 0.5) is 0 Å². The lowest BCUT2D eigenvalue weighted by Crippen LogP contribution is -2.01. The molecule has 0 bridgehead atoms. The third-order valence-corrected chi connectivity index (χ3v) is 3.99. The molecule has 4 aromatic rings. The van der Waals surface area contributed by atoms with Gasteiger partial charge in [-0.05, 0) is 23.3 Å². The molecule has 1 atom stereocenters. The van der Waals surface area contributed by atoms with Crippen molar-refractivity contribution in [2.45, 2.75) is 6.04 Å². The number of nitrogens with zero attached hydrogens (tertiary/aromatic N) is 3. The van der Waals surface area contributed by atoms with Crippen molar-refractivity contribution < 1.29 is 4.52 Å². The van der Waals surface area contributed by atoms with Crippen LogP contribution in [0.5, 0.6) is 0 Å². The van der Waals surface area contributed by atoms with Crippen LogP contribution >= 0.6 is 0 Å². The van der Waals surface area contributed by atoms with Crippen molar-refractivity contribution in [2.75, 3.05) is 0 Å². The van der Waals surface area contributed by atoms with E-state index < -0.39 is 0 Å². The molecule has 0 saturated heterocycles. The van der Waals surface area contributed by atoms with Crippen LogP contribution < -0.4 is 0 Å². The van der Waals surface area contributed by atoms with Gasteiger partial charge >= 0.3 is 0 Å². The molecule has 4 nitrogen and oxygen atoms in total. The summed E-state index contributed by atoms with van der Waals surface area (Å²) in [6.45, 7) is 0. The summed E-state index contributed by atoms with van der Waals surface area (Å²) >= 11 is 0. The molecular formula is C22H17N3O. The highest BCUT2D eigenvalue weighted by molar-refractivity contribution is 5.79. The van der Waals surface area contributed by atoms with E-state index in [0.29, 0.717) is 11.7 Å². The molecule has 3 aromatic carbocycles. The largest absolute Gasteiger partial charge is 0.334 e. The Morgan fingerprint density at radius 1 is 0.769 bits per heavy atom. The number of benzene rings is 3. The van der Waals surface area contributed by atoms with Gasteiger partial charge in [0.15, 0.2) is 0 Å². The minimum absolute atomic E-state index is 0.322. The molecular weight excluding hydrogens is 322 g/mol.